The van der Waals surface area contributed by atoms with Crippen LogP contribution < -0.4 is 5.32 Å². The number of amides is 1. The van der Waals surface area contributed by atoms with Crippen molar-refractivity contribution in [2.24, 2.45) is 0 Å². The van der Waals surface area contributed by atoms with Gasteiger partial charge in [-0.2, -0.15) is 13.2 Å². The van der Waals surface area contributed by atoms with Crippen LogP contribution in [-0.4, -0.2) is 13.0 Å². The minimum atomic E-state index is -4.39. The molecule has 0 saturated carbocycles. The zero-order valence-corrected chi connectivity index (χ0v) is 15.8. The number of carbonyl (C=O) groups excluding carboxylic acids is 1. The van der Waals surface area contributed by atoms with Crippen LogP contribution >= 0.6 is 0 Å². The molecule has 0 aliphatic carbocycles. The van der Waals surface area contributed by atoms with E-state index in [1.165, 1.54) is 12.1 Å². The highest BCUT2D eigenvalue weighted by atomic mass is 19.4. The van der Waals surface area contributed by atoms with Gasteiger partial charge in [-0.15, -0.1) is 0 Å². The topological polar surface area (TPSA) is 38.3 Å². The molecule has 0 heterocycles. The number of nitrogens with one attached hydrogen (secondary N) is 1. The molecule has 0 saturated heterocycles. The number of ether oxygens (including phenoxy) is 1. The molecule has 0 aliphatic rings. The number of carbonyl (C=O) groups is 1. The van der Waals surface area contributed by atoms with Crippen molar-refractivity contribution in [3.8, 4) is 11.1 Å². The fraction of sp³-hybridized carbons (Fsp3) is 0.174. The standard InChI is InChI=1S/C23H20F3NO2/c1-29-15-17-8-6-16(7-9-17)14-27-22(28)21-5-3-2-4-20(21)18-10-12-19(13-11-18)23(24,25)26/h2-13H,14-15H2,1H3,(H,27,28). The Bertz CT molecular complexity index is 965. The number of hydrogen-bond acceptors (Lipinski definition) is 2. The Hall–Kier alpha value is -3.12. The van der Waals surface area contributed by atoms with Crippen LogP contribution in [0, 0.1) is 0 Å². The van der Waals surface area contributed by atoms with Crippen molar-refractivity contribution in [3.63, 3.8) is 0 Å². The van der Waals surface area contributed by atoms with Gasteiger partial charge in [0, 0.05) is 19.2 Å². The summed E-state index contributed by atoms with van der Waals surface area (Å²) in [5.41, 5.74) is 2.78. The van der Waals surface area contributed by atoms with E-state index in [1.807, 2.05) is 24.3 Å². The lowest BCUT2D eigenvalue weighted by molar-refractivity contribution is -0.137. The highest BCUT2D eigenvalue weighted by Crippen LogP contribution is 2.31. The van der Waals surface area contributed by atoms with Crippen LogP contribution in [0.4, 0.5) is 13.2 Å². The van der Waals surface area contributed by atoms with Crippen molar-refractivity contribution >= 4 is 5.91 Å². The van der Waals surface area contributed by atoms with E-state index >= 15 is 0 Å². The van der Waals surface area contributed by atoms with Crippen molar-refractivity contribution < 1.29 is 22.7 Å². The van der Waals surface area contributed by atoms with Gasteiger partial charge in [0.2, 0.25) is 0 Å². The maximum atomic E-state index is 12.8. The summed E-state index contributed by atoms with van der Waals surface area (Å²) >= 11 is 0. The van der Waals surface area contributed by atoms with Gasteiger partial charge in [0.15, 0.2) is 0 Å². The molecule has 3 rings (SSSR count). The lowest BCUT2D eigenvalue weighted by Gasteiger charge is -2.12. The maximum Gasteiger partial charge on any atom is 0.416 e. The van der Waals surface area contributed by atoms with Gasteiger partial charge in [0.1, 0.15) is 0 Å². The summed E-state index contributed by atoms with van der Waals surface area (Å²) in [6.07, 6.45) is -4.39. The summed E-state index contributed by atoms with van der Waals surface area (Å²) in [4.78, 5) is 12.7. The summed E-state index contributed by atoms with van der Waals surface area (Å²) in [6.45, 7) is 0.862. The van der Waals surface area contributed by atoms with Gasteiger partial charge in [-0.1, -0.05) is 54.6 Å². The molecule has 0 fully saturated rings. The normalized spacial score (nSPS) is 11.3. The van der Waals surface area contributed by atoms with Crippen molar-refractivity contribution in [1.82, 2.24) is 5.32 Å². The first kappa shape index (κ1) is 20.6. The fourth-order valence-electron chi connectivity index (χ4n) is 2.97. The molecule has 0 atom stereocenters. The second-order valence-electron chi connectivity index (χ2n) is 6.55. The zero-order chi connectivity index (χ0) is 20.9. The van der Waals surface area contributed by atoms with Crippen LogP contribution in [0.5, 0.6) is 0 Å². The minimum Gasteiger partial charge on any atom is -0.380 e. The van der Waals surface area contributed by atoms with Crippen molar-refractivity contribution in [2.45, 2.75) is 19.3 Å². The molecule has 0 spiro atoms. The molecular weight excluding hydrogens is 379 g/mol. The van der Waals surface area contributed by atoms with Crippen LogP contribution in [0.25, 0.3) is 11.1 Å². The Balaban J connectivity index is 1.75. The average molecular weight is 399 g/mol. The molecule has 3 aromatic rings. The predicted molar refractivity (Wildman–Crippen MR) is 105 cm³/mol. The van der Waals surface area contributed by atoms with Crippen LogP contribution in [0.3, 0.4) is 0 Å². The van der Waals surface area contributed by atoms with Crippen LogP contribution in [-0.2, 0) is 24.1 Å². The van der Waals surface area contributed by atoms with E-state index in [2.05, 4.69) is 5.32 Å². The Morgan fingerprint density at radius 1 is 0.897 bits per heavy atom. The molecule has 6 heteroatoms. The van der Waals surface area contributed by atoms with Gasteiger partial charge in [-0.05, 0) is 40.5 Å². The number of alkyl halides is 3. The van der Waals surface area contributed by atoms with E-state index in [0.717, 1.165) is 23.3 Å². The summed E-state index contributed by atoms with van der Waals surface area (Å²) in [5, 5.41) is 2.86. The number of benzene rings is 3. The van der Waals surface area contributed by atoms with Gasteiger partial charge in [-0.3, -0.25) is 4.79 Å². The fourth-order valence-corrected chi connectivity index (χ4v) is 2.97. The van der Waals surface area contributed by atoms with Gasteiger partial charge in [-0.25, -0.2) is 0 Å². The molecule has 0 radical (unpaired) electrons. The molecule has 150 valence electrons. The van der Waals surface area contributed by atoms with Gasteiger partial charge >= 0.3 is 6.18 Å². The van der Waals surface area contributed by atoms with Crippen molar-refractivity contribution in [3.05, 3.63) is 95.1 Å². The summed E-state index contributed by atoms with van der Waals surface area (Å²) < 4.78 is 43.4. The van der Waals surface area contributed by atoms with E-state index in [1.54, 1.807) is 31.4 Å². The smallest absolute Gasteiger partial charge is 0.380 e. The third-order valence-corrected chi connectivity index (χ3v) is 4.48. The van der Waals surface area contributed by atoms with E-state index in [0.29, 0.717) is 29.8 Å². The number of hydrogen-bond donors (Lipinski definition) is 1. The molecule has 1 amide bonds. The Morgan fingerprint density at radius 2 is 1.52 bits per heavy atom. The summed E-state index contributed by atoms with van der Waals surface area (Å²) in [5.74, 6) is -0.290. The van der Waals surface area contributed by atoms with Crippen LogP contribution in [0.15, 0.2) is 72.8 Å². The first-order valence-electron chi connectivity index (χ1n) is 9.00. The van der Waals surface area contributed by atoms with Gasteiger partial charge in [0.05, 0.1) is 12.2 Å². The average Bonchev–Trinajstić information content (AvgIpc) is 2.73. The molecule has 29 heavy (non-hydrogen) atoms. The Kier molecular flexibility index (Phi) is 6.34. The van der Waals surface area contributed by atoms with E-state index < -0.39 is 11.7 Å². The lowest BCUT2D eigenvalue weighted by atomic mass is 9.98. The summed E-state index contributed by atoms with van der Waals surface area (Å²) in [6, 6.07) is 19.3. The van der Waals surface area contributed by atoms with Crippen molar-refractivity contribution in [2.75, 3.05) is 7.11 Å². The van der Waals surface area contributed by atoms with E-state index in [-0.39, 0.29) is 5.91 Å². The zero-order valence-electron chi connectivity index (χ0n) is 15.8. The molecule has 0 aliphatic heterocycles. The number of methoxy groups -OCH3 is 1. The molecule has 0 aromatic heterocycles. The Morgan fingerprint density at radius 3 is 2.14 bits per heavy atom. The molecule has 3 nitrogen and oxygen atoms in total. The SMILES string of the molecule is COCc1ccc(CNC(=O)c2ccccc2-c2ccc(C(F)(F)F)cc2)cc1. The second-order valence-corrected chi connectivity index (χ2v) is 6.55. The lowest BCUT2D eigenvalue weighted by Crippen LogP contribution is -2.23. The van der Waals surface area contributed by atoms with Crippen LogP contribution in [0.1, 0.15) is 27.0 Å². The third-order valence-electron chi connectivity index (χ3n) is 4.48. The quantitative estimate of drug-likeness (QED) is 0.599. The van der Waals surface area contributed by atoms with Crippen LogP contribution in [0.2, 0.25) is 0 Å². The highest BCUT2D eigenvalue weighted by Gasteiger charge is 2.30. The second kappa shape index (κ2) is 8.92. The molecule has 1 N–H and O–H groups in total. The Labute approximate surface area is 167 Å². The maximum absolute atomic E-state index is 12.8. The summed E-state index contributed by atoms with van der Waals surface area (Å²) in [7, 11) is 1.63. The first-order chi connectivity index (χ1) is 13.9. The highest BCUT2D eigenvalue weighted by molar-refractivity contribution is 6.00. The largest absolute Gasteiger partial charge is 0.416 e. The van der Waals surface area contributed by atoms with Gasteiger partial charge < -0.3 is 10.1 Å². The molecule has 0 unspecified atom stereocenters. The molecular formula is C23H20F3NO2. The third kappa shape index (κ3) is 5.23. The number of halogens is 3. The predicted octanol–water partition coefficient (Wildman–Crippen LogP) is 5.45. The molecule has 0 bridgehead atoms. The minimum absolute atomic E-state index is 0.290. The van der Waals surface area contributed by atoms with E-state index in [9.17, 15) is 18.0 Å². The monoisotopic (exact) mass is 399 g/mol. The van der Waals surface area contributed by atoms with Gasteiger partial charge in [0.25, 0.3) is 5.91 Å². The first-order valence-corrected chi connectivity index (χ1v) is 9.00. The van der Waals surface area contributed by atoms with E-state index in [4.69, 9.17) is 4.74 Å². The number of rotatable bonds is 6. The van der Waals surface area contributed by atoms with Crippen molar-refractivity contribution in [1.29, 1.82) is 0 Å². The molecule has 3 aromatic carbocycles.